The van der Waals surface area contributed by atoms with Crippen molar-refractivity contribution in [1.29, 1.82) is 0 Å². The van der Waals surface area contributed by atoms with Gasteiger partial charge in [0.25, 0.3) is 5.56 Å². The maximum Gasteiger partial charge on any atom is 0.344 e. The molecule has 6 heteroatoms. The second-order valence-corrected chi connectivity index (χ2v) is 4.21. The summed E-state index contributed by atoms with van der Waals surface area (Å²) in [5.74, 6) is -0.295. The summed E-state index contributed by atoms with van der Waals surface area (Å²) < 4.78 is 0. The lowest BCUT2D eigenvalue weighted by Gasteiger charge is -2.03. The van der Waals surface area contributed by atoms with Crippen molar-refractivity contribution in [3.05, 3.63) is 21.7 Å². The number of H-pyrrole nitrogens is 1. The highest BCUT2D eigenvalue weighted by molar-refractivity contribution is 7.98. The number of rotatable bonds is 3. The SMILES string of the molecule is CSc1nc(C2CC2)[nH]c(=O)c1C(=O)O. The molecular weight excluding hydrogens is 216 g/mol. The fourth-order valence-corrected chi connectivity index (χ4v) is 1.93. The molecule has 0 aliphatic heterocycles. The summed E-state index contributed by atoms with van der Waals surface area (Å²) in [4.78, 5) is 29.0. The normalized spacial score (nSPS) is 15.3. The molecule has 1 aromatic heterocycles. The quantitative estimate of drug-likeness (QED) is 0.595. The van der Waals surface area contributed by atoms with Crippen molar-refractivity contribution < 1.29 is 9.90 Å². The Morgan fingerprint density at radius 2 is 2.27 bits per heavy atom. The molecule has 1 heterocycles. The maximum absolute atomic E-state index is 11.5. The van der Waals surface area contributed by atoms with Crippen LogP contribution in [0.3, 0.4) is 0 Å². The van der Waals surface area contributed by atoms with Gasteiger partial charge in [0.2, 0.25) is 0 Å². The topological polar surface area (TPSA) is 83.0 Å². The van der Waals surface area contributed by atoms with E-state index in [1.807, 2.05) is 0 Å². The van der Waals surface area contributed by atoms with Crippen LogP contribution in [0.2, 0.25) is 0 Å². The Hall–Kier alpha value is -1.30. The van der Waals surface area contributed by atoms with E-state index in [1.54, 1.807) is 6.26 Å². The largest absolute Gasteiger partial charge is 0.477 e. The third kappa shape index (κ3) is 1.90. The van der Waals surface area contributed by atoms with Crippen molar-refractivity contribution in [3.8, 4) is 0 Å². The number of carbonyl (C=O) groups is 1. The Morgan fingerprint density at radius 1 is 1.60 bits per heavy atom. The fraction of sp³-hybridized carbons (Fsp3) is 0.444. The Labute approximate surface area is 89.9 Å². The van der Waals surface area contributed by atoms with Gasteiger partial charge in [0.15, 0.2) is 5.56 Å². The van der Waals surface area contributed by atoms with Gasteiger partial charge in [0.05, 0.1) is 0 Å². The molecule has 0 bridgehead atoms. The van der Waals surface area contributed by atoms with Crippen LogP contribution in [-0.4, -0.2) is 27.3 Å². The van der Waals surface area contributed by atoms with E-state index in [-0.39, 0.29) is 5.56 Å². The summed E-state index contributed by atoms with van der Waals surface area (Å²) in [6.45, 7) is 0. The molecule has 2 N–H and O–H groups in total. The Kier molecular flexibility index (Phi) is 2.52. The minimum Gasteiger partial charge on any atom is -0.477 e. The Morgan fingerprint density at radius 3 is 2.73 bits per heavy atom. The number of carboxylic acids is 1. The average molecular weight is 226 g/mol. The smallest absolute Gasteiger partial charge is 0.344 e. The minimum atomic E-state index is -1.23. The van der Waals surface area contributed by atoms with E-state index in [1.165, 1.54) is 11.8 Å². The molecule has 15 heavy (non-hydrogen) atoms. The van der Waals surface area contributed by atoms with Gasteiger partial charge in [-0.05, 0) is 19.1 Å². The molecule has 0 amide bonds. The van der Waals surface area contributed by atoms with Crippen molar-refractivity contribution in [2.24, 2.45) is 0 Å². The molecular formula is C9H10N2O3S. The molecule has 1 aromatic rings. The number of hydrogen-bond acceptors (Lipinski definition) is 4. The van der Waals surface area contributed by atoms with Gasteiger partial charge in [-0.25, -0.2) is 9.78 Å². The van der Waals surface area contributed by atoms with Crippen LogP contribution < -0.4 is 5.56 Å². The van der Waals surface area contributed by atoms with Gasteiger partial charge in [0.1, 0.15) is 10.9 Å². The molecule has 0 aromatic carbocycles. The monoisotopic (exact) mass is 226 g/mol. The highest BCUT2D eigenvalue weighted by Gasteiger charge is 2.28. The second-order valence-electron chi connectivity index (χ2n) is 3.41. The highest BCUT2D eigenvalue weighted by Crippen LogP contribution is 2.38. The minimum absolute atomic E-state index is 0.257. The summed E-state index contributed by atoms with van der Waals surface area (Å²) in [5, 5.41) is 9.15. The summed E-state index contributed by atoms with van der Waals surface area (Å²) in [7, 11) is 0. The van der Waals surface area contributed by atoms with Crippen molar-refractivity contribution in [1.82, 2.24) is 9.97 Å². The molecule has 5 nitrogen and oxygen atoms in total. The highest BCUT2D eigenvalue weighted by atomic mass is 32.2. The van der Waals surface area contributed by atoms with Crippen LogP contribution in [0.15, 0.2) is 9.82 Å². The Balaban J connectivity index is 2.56. The lowest BCUT2D eigenvalue weighted by atomic mass is 10.3. The van der Waals surface area contributed by atoms with E-state index < -0.39 is 11.5 Å². The standard InChI is InChI=1S/C9H10N2O3S/c1-15-8-5(9(13)14)7(12)10-6(11-8)4-2-3-4/h4H,2-3H2,1H3,(H,13,14)(H,10,11,12). The molecule has 80 valence electrons. The van der Waals surface area contributed by atoms with Crippen LogP contribution in [0, 0.1) is 0 Å². The van der Waals surface area contributed by atoms with E-state index in [4.69, 9.17) is 5.11 Å². The summed E-state index contributed by atoms with van der Waals surface area (Å²) in [5.41, 5.74) is -0.810. The van der Waals surface area contributed by atoms with Crippen molar-refractivity contribution in [2.75, 3.05) is 6.26 Å². The van der Waals surface area contributed by atoms with Crippen LogP contribution in [0.4, 0.5) is 0 Å². The molecule has 0 spiro atoms. The number of aromatic amines is 1. The summed E-state index contributed by atoms with van der Waals surface area (Å²) in [6.07, 6.45) is 3.75. The van der Waals surface area contributed by atoms with E-state index in [0.29, 0.717) is 16.8 Å². The average Bonchev–Trinajstić information content (AvgIpc) is 2.98. The van der Waals surface area contributed by atoms with Crippen LogP contribution in [-0.2, 0) is 0 Å². The van der Waals surface area contributed by atoms with Crippen LogP contribution in [0.25, 0.3) is 0 Å². The second kappa shape index (κ2) is 3.69. The zero-order valence-electron chi connectivity index (χ0n) is 8.11. The number of carboxylic acid groups (broad SMARTS) is 1. The molecule has 1 aliphatic carbocycles. The molecule has 0 saturated heterocycles. The van der Waals surface area contributed by atoms with Crippen molar-refractivity contribution in [2.45, 2.75) is 23.8 Å². The van der Waals surface area contributed by atoms with Gasteiger partial charge in [-0.1, -0.05) is 0 Å². The van der Waals surface area contributed by atoms with E-state index in [2.05, 4.69) is 9.97 Å². The van der Waals surface area contributed by atoms with E-state index >= 15 is 0 Å². The van der Waals surface area contributed by atoms with Crippen LogP contribution in [0.1, 0.15) is 34.9 Å². The number of nitrogens with one attached hydrogen (secondary N) is 1. The molecule has 2 rings (SSSR count). The first-order valence-corrected chi connectivity index (χ1v) is 5.77. The number of thioether (sulfide) groups is 1. The zero-order chi connectivity index (χ0) is 11.0. The lowest BCUT2D eigenvalue weighted by Crippen LogP contribution is -2.22. The molecule has 0 atom stereocenters. The third-order valence-corrected chi connectivity index (χ3v) is 2.96. The van der Waals surface area contributed by atoms with Gasteiger partial charge in [-0.3, -0.25) is 4.79 Å². The van der Waals surface area contributed by atoms with Gasteiger partial charge in [-0.15, -0.1) is 11.8 Å². The predicted octanol–water partition coefficient (Wildman–Crippen LogP) is 1.07. The fourth-order valence-electron chi connectivity index (χ4n) is 1.36. The van der Waals surface area contributed by atoms with Crippen molar-refractivity contribution >= 4 is 17.7 Å². The molecule has 1 saturated carbocycles. The van der Waals surface area contributed by atoms with Gasteiger partial charge in [-0.2, -0.15) is 0 Å². The van der Waals surface area contributed by atoms with E-state index in [0.717, 1.165) is 12.8 Å². The lowest BCUT2D eigenvalue weighted by molar-refractivity contribution is 0.0690. The number of aromatic nitrogens is 2. The summed E-state index contributed by atoms with van der Waals surface area (Å²) in [6, 6.07) is 0. The van der Waals surface area contributed by atoms with Crippen molar-refractivity contribution in [3.63, 3.8) is 0 Å². The maximum atomic E-state index is 11.5. The Bertz CT molecular complexity index is 465. The van der Waals surface area contributed by atoms with Gasteiger partial charge >= 0.3 is 5.97 Å². The number of aromatic carboxylic acids is 1. The molecule has 1 fully saturated rings. The first-order chi connectivity index (χ1) is 7.13. The first kappa shape index (κ1) is 10.2. The summed E-state index contributed by atoms with van der Waals surface area (Å²) >= 11 is 1.19. The molecule has 0 unspecified atom stereocenters. The molecule has 0 radical (unpaired) electrons. The number of nitrogens with zero attached hydrogens (tertiary/aromatic N) is 1. The van der Waals surface area contributed by atoms with Gasteiger partial charge in [0, 0.05) is 5.92 Å². The van der Waals surface area contributed by atoms with Crippen LogP contribution in [0.5, 0.6) is 0 Å². The number of hydrogen-bond donors (Lipinski definition) is 2. The van der Waals surface area contributed by atoms with Gasteiger partial charge < -0.3 is 10.1 Å². The third-order valence-electron chi connectivity index (χ3n) is 2.28. The zero-order valence-corrected chi connectivity index (χ0v) is 8.93. The predicted molar refractivity (Wildman–Crippen MR) is 55.6 cm³/mol. The first-order valence-electron chi connectivity index (χ1n) is 4.55. The molecule has 1 aliphatic rings. The van der Waals surface area contributed by atoms with Crippen LogP contribution >= 0.6 is 11.8 Å². The van der Waals surface area contributed by atoms with E-state index in [9.17, 15) is 9.59 Å².